The van der Waals surface area contributed by atoms with Crippen molar-refractivity contribution >= 4 is 5.91 Å². The Bertz CT molecular complexity index is 1280. The number of hydrogen-bond acceptors (Lipinski definition) is 8. The van der Waals surface area contributed by atoms with Crippen LogP contribution in [0.1, 0.15) is 386 Å². The molecule has 0 bridgehead atoms. The molecule has 9 heteroatoms. The molecule has 1 fully saturated rings. The van der Waals surface area contributed by atoms with Crippen molar-refractivity contribution in [1.82, 2.24) is 5.32 Å². The van der Waals surface area contributed by atoms with Gasteiger partial charge in [-0.15, -0.1) is 0 Å². The molecule has 0 aromatic rings. The van der Waals surface area contributed by atoms with Crippen LogP contribution >= 0.6 is 0 Å². The molecule has 0 aromatic heterocycles. The van der Waals surface area contributed by atoms with Crippen molar-refractivity contribution in [2.75, 3.05) is 13.2 Å². The predicted octanol–water partition coefficient (Wildman–Crippen LogP) is 19.9. The van der Waals surface area contributed by atoms with Gasteiger partial charge in [0, 0.05) is 6.42 Å². The molecule has 0 aromatic carbocycles. The highest BCUT2D eigenvalue weighted by atomic mass is 16.7. The number of nitrogens with one attached hydrogen (secondary N) is 1. The van der Waals surface area contributed by atoms with E-state index in [0.29, 0.717) is 6.42 Å². The van der Waals surface area contributed by atoms with E-state index in [-0.39, 0.29) is 12.5 Å². The van der Waals surface area contributed by atoms with Gasteiger partial charge in [0.25, 0.3) is 0 Å². The molecular formula is C72H141NO8. The van der Waals surface area contributed by atoms with Gasteiger partial charge in [0.1, 0.15) is 24.4 Å². The second kappa shape index (κ2) is 62.0. The minimum Gasteiger partial charge on any atom is -0.394 e. The number of allylic oxidation sites excluding steroid dienone is 1. The van der Waals surface area contributed by atoms with E-state index in [1.165, 1.54) is 327 Å². The Morgan fingerprint density at radius 1 is 0.407 bits per heavy atom. The normalized spacial score (nSPS) is 18.3. The van der Waals surface area contributed by atoms with Gasteiger partial charge in [0.2, 0.25) is 5.91 Å². The maximum Gasteiger partial charge on any atom is 0.220 e. The van der Waals surface area contributed by atoms with Crippen LogP contribution < -0.4 is 5.32 Å². The van der Waals surface area contributed by atoms with Crippen LogP contribution in [0.2, 0.25) is 0 Å². The number of unbranched alkanes of at least 4 members (excludes halogenated alkanes) is 55. The molecule has 81 heavy (non-hydrogen) atoms. The molecule has 1 saturated heterocycles. The Morgan fingerprint density at radius 2 is 0.679 bits per heavy atom. The van der Waals surface area contributed by atoms with Crippen molar-refractivity contribution in [3.63, 3.8) is 0 Å². The van der Waals surface area contributed by atoms with E-state index in [0.717, 1.165) is 38.5 Å². The summed E-state index contributed by atoms with van der Waals surface area (Å²) >= 11 is 0. The lowest BCUT2D eigenvalue weighted by molar-refractivity contribution is -0.302. The Kier molecular flexibility index (Phi) is 59.7. The number of carbonyl (C=O) groups excluding carboxylic acids is 1. The molecule has 0 spiro atoms. The monoisotopic (exact) mass is 1150 g/mol. The first-order valence-corrected chi connectivity index (χ1v) is 36.4. The number of ether oxygens (including phenoxy) is 2. The fraction of sp³-hybridized carbons (Fsp3) is 0.958. The molecule has 0 radical (unpaired) electrons. The van der Waals surface area contributed by atoms with Crippen LogP contribution in [0, 0.1) is 0 Å². The van der Waals surface area contributed by atoms with Crippen molar-refractivity contribution in [3.05, 3.63) is 12.2 Å². The van der Waals surface area contributed by atoms with Gasteiger partial charge in [-0.2, -0.15) is 0 Å². The van der Waals surface area contributed by atoms with Crippen LogP contribution in [0.5, 0.6) is 0 Å². The van der Waals surface area contributed by atoms with Gasteiger partial charge in [-0.3, -0.25) is 4.79 Å². The average molecular weight is 1150 g/mol. The zero-order chi connectivity index (χ0) is 58.6. The van der Waals surface area contributed by atoms with Crippen molar-refractivity contribution in [3.8, 4) is 0 Å². The van der Waals surface area contributed by atoms with Crippen molar-refractivity contribution in [2.24, 2.45) is 0 Å². The average Bonchev–Trinajstić information content (AvgIpc) is 3.50. The molecule has 1 aliphatic heterocycles. The van der Waals surface area contributed by atoms with Gasteiger partial charge in [-0.05, 0) is 19.3 Å². The molecule has 9 nitrogen and oxygen atoms in total. The number of amides is 1. The molecule has 7 atom stereocenters. The van der Waals surface area contributed by atoms with Crippen LogP contribution in [0.4, 0.5) is 0 Å². The summed E-state index contributed by atoms with van der Waals surface area (Å²) in [6, 6.07) is -0.802. The van der Waals surface area contributed by atoms with Gasteiger partial charge in [-0.1, -0.05) is 373 Å². The fourth-order valence-corrected chi connectivity index (χ4v) is 12.2. The summed E-state index contributed by atoms with van der Waals surface area (Å²) in [5.74, 6) is -0.167. The number of carbonyl (C=O) groups is 1. The van der Waals surface area contributed by atoms with Gasteiger partial charge in [0.15, 0.2) is 6.29 Å². The fourth-order valence-electron chi connectivity index (χ4n) is 12.2. The molecule has 1 rings (SSSR count). The predicted molar refractivity (Wildman–Crippen MR) is 346 cm³/mol. The Labute approximate surface area is 503 Å². The summed E-state index contributed by atoms with van der Waals surface area (Å²) in [5.41, 5.74) is 0. The molecule has 1 amide bonds. The molecule has 1 aliphatic rings. The van der Waals surface area contributed by atoms with Crippen molar-refractivity contribution < 1.29 is 39.8 Å². The molecular weight excluding hydrogens is 1010 g/mol. The quantitative estimate of drug-likeness (QED) is 0.0261. The lowest BCUT2D eigenvalue weighted by Crippen LogP contribution is -2.60. The summed E-state index contributed by atoms with van der Waals surface area (Å²) in [4.78, 5) is 13.1. The second-order valence-corrected chi connectivity index (χ2v) is 25.8. The van der Waals surface area contributed by atoms with Crippen LogP contribution in [0.3, 0.4) is 0 Å². The first kappa shape index (κ1) is 77.9. The van der Waals surface area contributed by atoms with Gasteiger partial charge >= 0.3 is 0 Å². The van der Waals surface area contributed by atoms with E-state index in [1.807, 2.05) is 6.08 Å². The summed E-state index contributed by atoms with van der Waals surface area (Å²) in [7, 11) is 0. The number of rotatable bonds is 65. The van der Waals surface area contributed by atoms with Crippen LogP contribution in [0.25, 0.3) is 0 Å². The van der Waals surface area contributed by atoms with E-state index < -0.39 is 49.5 Å². The zero-order valence-corrected chi connectivity index (χ0v) is 54.1. The molecule has 482 valence electrons. The summed E-state index contributed by atoms with van der Waals surface area (Å²) in [5, 5.41) is 54.8. The van der Waals surface area contributed by atoms with E-state index in [1.54, 1.807) is 6.08 Å². The SMILES string of the molecule is CCCCCCCCCCCCCCCCCCCCC/C=C/C(O)C(COC1OC(CO)C(O)C(O)C1O)NC(=O)CCCCCCCCCCCCCCCCCCCCCCCCCCCCCCCCCCCCCCC. The largest absolute Gasteiger partial charge is 0.394 e. The van der Waals surface area contributed by atoms with Crippen LogP contribution in [0.15, 0.2) is 12.2 Å². The highest BCUT2D eigenvalue weighted by Crippen LogP contribution is 2.24. The lowest BCUT2D eigenvalue weighted by Gasteiger charge is -2.40. The maximum absolute atomic E-state index is 13.1. The first-order valence-electron chi connectivity index (χ1n) is 36.4. The number of aliphatic hydroxyl groups is 5. The Balaban J connectivity index is 2.05. The van der Waals surface area contributed by atoms with E-state index >= 15 is 0 Å². The third-order valence-corrected chi connectivity index (χ3v) is 17.9. The van der Waals surface area contributed by atoms with Crippen LogP contribution in [-0.2, 0) is 14.3 Å². The third-order valence-electron chi connectivity index (χ3n) is 17.9. The van der Waals surface area contributed by atoms with Gasteiger partial charge in [0.05, 0.1) is 25.4 Å². The summed E-state index contributed by atoms with van der Waals surface area (Å²) in [6.07, 6.45) is 73.4. The van der Waals surface area contributed by atoms with E-state index in [2.05, 4.69) is 19.2 Å². The van der Waals surface area contributed by atoms with Crippen LogP contribution in [-0.4, -0.2) is 87.5 Å². The van der Waals surface area contributed by atoms with E-state index in [4.69, 9.17) is 9.47 Å². The lowest BCUT2D eigenvalue weighted by atomic mass is 9.99. The minimum atomic E-state index is -1.56. The number of aliphatic hydroxyl groups excluding tert-OH is 5. The van der Waals surface area contributed by atoms with Gasteiger partial charge in [-0.25, -0.2) is 0 Å². The second-order valence-electron chi connectivity index (χ2n) is 25.8. The summed E-state index contributed by atoms with van der Waals surface area (Å²) in [6.45, 7) is 3.84. The Morgan fingerprint density at radius 3 is 0.963 bits per heavy atom. The topological polar surface area (TPSA) is 149 Å². The van der Waals surface area contributed by atoms with Crippen molar-refractivity contribution in [1.29, 1.82) is 0 Å². The van der Waals surface area contributed by atoms with Gasteiger partial charge < -0.3 is 40.3 Å². The highest BCUT2D eigenvalue weighted by molar-refractivity contribution is 5.76. The standard InChI is InChI=1S/C72H141NO8/c1-3-5-7-9-11-13-15-17-19-21-23-25-26-27-28-29-30-31-32-33-34-35-36-37-38-39-40-42-44-46-48-50-52-54-56-58-60-62-68(76)73-65(64-80-72-71(79)70(78)69(77)67(63-74)81-72)66(75)61-59-57-55-53-51-49-47-45-43-41-24-22-20-18-16-14-12-10-8-6-4-2/h59,61,65-67,69-72,74-75,77-79H,3-58,60,62-64H2,1-2H3,(H,73,76)/b61-59+. The highest BCUT2D eigenvalue weighted by Gasteiger charge is 2.44. The first-order chi connectivity index (χ1) is 39.8. The summed E-state index contributed by atoms with van der Waals surface area (Å²) < 4.78 is 11.3. The maximum atomic E-state index is 13.1. The minimum absolute atomic E-state index is 0.167. The number of hydrogen-bond donors (Lipinski definition) is 6. The molecule has 0 aliphatic carbocycles. The molecule has 7 unspecified atom stereocenters. The zero-order valence-electron chi connectivity index (χ0n) is 54.1. The molecule has 1 heterocycles. The third kappa shape index (κ3) is 50.8. The smallest absolute Gasteiger partial charge is 0.220 e. The molecule has 0 saturated carbocycles. The van der Waals surface area contributed by atoms with Crippen molar-refractivity contribution in [2.45, 2.75) is 429 Å². The Hall–Kier alpha value is -1.07. The van der Waals surface area contributed by atoms with E-state index in [9.17, 15) is 30.3 Å². The molecule has 6 N–H and O–H groups in total.